The Morgan fingerprint density at radius 3 is 2.50 bits per heavy atom. The fourth-order valence-electron chi connectivity index (χ4n) is 4.23. The predicted molar refractivity (Wildman–Crippen MR) is 81.2 cm³/mol. The Bertz CT molecular complexity index is 371. The van der Waals surface area contributed by atoms with Crippen LogP contribution in [0.3, 0.4) is 0 Å². The van der Waals surface area contributed by atoms with Gasteiger partial charge in [0.2, 0.25) is 5.91 Å². The Morgan fingerprint density at radius 1 is 1.30 bits per heavy atom. The Hall–Kier alpha value is -0.570. The van der Waals surface area contributed by atoms with Crippen LogP contribution < -0.4 is 5.32 Å². The van der Waals surface area contributed by atoms with Gasteiger partial charge in [-0.15, -0.1) is 0 Å². The molecule has 0 aromatic rings. The summed E-state index contributed by atoms with van der Waals surface area (Å²) in [6.07, 6.45) is 10.1. The van der Waals surface area contributed by atoms with Crippen LogP contribution in [0.2, 0.25) is 0 Å². The topological polar surface area (TPSA) is 32.3 Å². The lowest BCUT2D eigenvalue weighted by Crippen LogP contribution is -2.47. The largest absolute Gasteiger partial charge is 0.323 e. The molecule has 3 heteroatoms. The van der Waals surface area contributed by atoms with Gasteiger partial charge in [-0.3, -0.25) is 10.1 Å². The summed E-state index contributed by atoms with van der Waals surface area (Å²) in [5.41, 5.74) is -0.142. The van der Waals surface area contributed by atoms with Gasteiger partial charge in [-0.2, -0.15) is 0 Å². The zero-order chi connectivity index (χ0) is 14.3. The summed E-state index contributed by atoms with van der Waals surface area (Å²) in [6.45, 7) is 6.81. The van der Waals surface area contributed by atoms with E-state index in [2.05, 4.69) is 31.0 Å². The van der Waals surface area contributed by atoms with Crippen LogP contribution in [0, 0.1) is 11.8 Å². The summed E-state index contributed by atoms with van der Waals surface area (Å²) < 4.78 is 0. The third-order valence-corrected chi connectivity index (χ3v) is 5.88. The molecule has 0 bridgehead atoms. The van der Waals surface area contributed by atoms with Crippen molar-refractivity contribution in [3.05, 3.63) is 0 Å². The lowest BCUT2D eigenvalue weighted by atomic mass is 9.97. The monoisotopic (exact) mass is 278 g/mol. The number of hydrogen-bond donors (Lipinski definition) is 1. The van der Waals surface area contributed by atoms with Gasteiger partial charge in [0.25, 0.3) is 0 Å². The fourth-order valence-corrected chi connectivity index (χ4v) is 4.23. The zero-order valence-electron chi connectivity index (χ0n) is 13.3. The number of hydrogen-bond acceptors (Lipinski definition) is 2. The first-order valence-electron chi connectivity index (χ1n) is 8.68. The molecule has 0 radical (unpaired) electrons. The summed E-state index contributed by atoms with van der Waals surface area (Å²) in [5.74, 6) is 1.81. The molecular weight excluding hydrogens is 248 g/mol. The molecular formula is C17H30N2O. The maximum absolute atomic E-state index is 12.8. The number of nitrogens with one attached hydrogen (secondary N) is 1. The molecule has 20 heavy (non-hydrogen) atoms. The summed E-state index contributed by atoms with van der Waals surface area (Å²) >= 11 is 0. The van der Waals surface area contributed by atoms with Gasteiger partial charge in [-0.1, -0.05) is 33.1 Å². The molecule has 1 amide bonds. The summed E-state index contributed by atoms with van der Waals surface area (Å²) in [5, 5.41) is 3.73. The van der Waals surface area contributed by atoms with Gasteiger partial charge in [0, 0.05) is 6.04 Å². The summed E-state index contributed by atoms with van der Waals surface area (Å²) in [7, 11) is 0. The Kier molecular flexibility index (Phi) is 3.83. The first-order valence-corrected chi connectivity index (χ1v) is 8.68. The number of carbonyl (C=O) groups excluding carboxylic acids is 1. The van der Waals surface area contributed by atoms with E-state index in [1.807, 2.05) is 0 Å². The van der Waals surface area contributed by atoms with Gasteiger partial charge in [-0.25, -0.2) is 0 Å². The minimum atomic E-state index is -0.142. The predicted octanol–water partition coefficient (Wildman–Crippen LogP) is 3.29. The highest BCUT2D eigenvalue weighted by atomic mass is 16.2. The van der Waals surface area contributed by atoms with Gasteiger partial charge in [0.05, 0.1) is 11.7 Å². The molecule has 2 aliphatic carbocycles. The van der Waals surface area contributed by atoms with Crippen LogP contribution in [-0.4, -0.2) is 28.6 Å². The number of amides is 1. The lowest BCUT2D eigenvalue weighted by molar-refractivity contribution is -0.133. The van der Waals surface area contributed by atoms with E-state index in [0.29, 0.717) is 30.0 Å². The first kappa shape index (κ1) is 14.4. The molecule has 3 nitrogen and oxygen atoms in total. The van der Waals surface area contributed by atoms with E-state index in [0.717, 1.165) is 19.3 Å². The first-order chi connectivity index (χ1) is 9.57. The average Bonchev–Trinajstić information content (AvgIpc) is 2.89. The van der Waals surface area contributed by atoms with Crippen molar-refractivity contribution < 1.29 is 4.79 Å². The van der Waals surface area contributed by atoms with E-state index in [-0.39, 0.29) is 5.54 Å². The average molecular weight is 278 g/mol. The van der Waals surface area contributed by atoms with Crippen LogP contribution in [0.25, 0.3) is 0 Å². The second-order valence-electron chi connectivity index (χ2n) is 7.53. The number of nitrogens with zero attached hydrogens (tertiary/aromatic N) is 1. The van der Waals surface area contributed by atoms with Crippen molar-refractivity contribution in [2.24, 2.45) is 11.8 Å². The highest BCUT2D eigenvalue weighted by molar-refractivity contribution is 5.92. The van der Waals surface area contributed by atoms with Gasteiger partial charge >= 0.3 is 0 Å². The fraction of sp³-hybridized carbons (Fsp3) is 0.941. The molecule has 1 spiro atoms. The van der Waals surface area contributed by atoms with Crippen LogP contribution in [-0.2, 0) is 4.79 Å². The van der Waals surface area contributed by atoms with Crippen molar-refractivity contribution in [2.75, 3.05) is 0 Å². The second-order valence-corrected chi connectivity index (χ2v) is 7.53. The number of carbonyl (C=O) groups is 1. The van der Waals surface area contributed by atoms with Crippen LogP contribution >= 0.6 is 0 Å². The maximum atomic E-state index is 12.8. The van der Waals surface area contributed by atoms with Gasteiger partial charge in [0.15, 0.2) is 0 Å². The van der Waals surface area contributed by atoms with E-state index in [4.69, 9.17) is 0 Å². The van der Waals surface area contributed by atoms with Crippen molar-refractivity contribution in [3.63, 3.8) is 0 Å². The van der Waals surface area contributed by atoms with Crippen molar-refractivity contribution in [2.45, 2.75) is 89.9 Å². The normalized spacial score (nSPS) is 32.0. The quantitative estimate of drug-likeness (QED) is 0.837. The molecule has 0 aromatic heterocycles. The van der Waals surface area contributed by atoms with Crippen LogP contribution in [0.4, 0.5) is 0 Å². The molecule has 0 aromatic carbocycles. The molecule has 3 fully saturated rings. The third-order valence-electron chi connectivity index (χ3n) is 5.88. The van der Waals surface area contributed by atoms with Gasteiger partial charge in [0.1, 0.15) is 0 Å². The zero-order valence-corrected chi connectivity index (χ0v) is 13.3. The van der Waals surface area contributed by atoms with E-state index >= 15 is 0 Å². The van der Waals surface area contributed by atoms with Crippen molar-refractivity contribution in [1.29, 1.82) is 0 Å². The number of rotatable bonds is 5. The highest BCUT2D eigenvalue weighted by Crippen LogP contribution is 2.46. The van der Waals surface area contributed by atoms with Crippen molar-refractivity contribution in [3.8, 4) is 0 Å². The summed E-state index contributed by atoms with van der Waals surface area (Å²) in [6, 6.07) is 0.385. The van der Waals surface area contributed by atoms with E-state index in [1.165, 1.54) is 32.1 Å². The molecule has 3 unspecified atom stereocenters. The molecule has 114 valence electrons. The van der Waals surface area contributed by atoms with E-state index < -0.39 is 0 Å². The molecule has 3 atom stereocenters. The molecule has 1 saturated heterocycles. The van der Waals surface area contributed by atoms with Crippen LogP contribution in [0.1, 0.15) is 72.1 Å². The van der Waals surface area contributed by atoms with Crippen LogP contribution in [0.5, 0.6) is 0 Å². The van der Waals surface area contributed by atoms with E-state index in [9.17, 15) is 4.79 Å². The lowest BCUT2D eigenvalue weighted by Gasteiger charge is -2.35. The molecule has 1 heterocycles. The molecule has 2 saturated carbocycles. The van der Waals surface area contributed by atoms with Gasteiger partial charge < -0.3 is 4.90 Å². The van der Waals surface area contributed by atoms with E-state index in [1.54, 1.807) is 0 Å². The van der Waals surface area contributed by atoms with Crippen molar-refractivity contribution >= 4 is 5.91 Å². The second kappa shape index (κ2) is 5.32. The smallest absolute Gasteiger partial charge is 0.244 e. The third kappa shape index (κ3) is 2.38. The molecule has 3 rings (SSSR count). The van der Waals surface area contributed by atoms with Crippen LogP contribution in [0.15, 0.2) is 0 Å². The summed E-state index contributed by atoms with van der Waals surface area (Å²) in [4.78, 5) is 15.1. The van der Waals surface area contributed by atoms with Gasteiger partial charge in [-0.05, 0) is 50.9 Å². The SMILES string of the molecule is CCC(C)CC(C)N1C(=O)C2(CC2)NC1C1CCCC1. The molecule has 3 aliphatic rings. The molecule has 1 N–H and O–H groups in total. The van der Waals surface area contributed by atoms with Crippen molar-refractivity contribution in [1.82, 2.24) is 10.2 Å². The Balaban J connectivity index is 1.75. The molecule has 1 aliphatic heterocycles. The minimum Gasteiger partial charge on any atom is -0.323 e. The minimum absolute atomic E-state index is 0.142. The Labute approximate surface area is 123 Å². The Morgan fingerprint density at radius 2 is 1.95 bits per heavy atom. The highest BCUT2D eigenvalue weighted by Gasteiger charge is 2.61. The standard InChI is InChI=1S/C17H30N2O/c1-4-12(2)11-13(3)19-15(14-7-5-6-8-14)18-17(9-10-17)16(19)20/h12-15,18H,4-11H2,1-3H3. The maximum Gasteiger partial charge on any atom is 0.244 e.